The Balaban J connectivity index is 1.69. The lowest BCUT2D eigenvalue weighted by atomic mass is 9.75. The summed E-state index contributed by atoms with van der Waals surface area (Å²) in [5, 5.41) is 14.8. The van der Waals surface area contributed by atoms with Crippen LogP contribution in [0.3, 0.4) is 0 Å². The van der Waals surface area contributed by atoms with Crippen LogP contribution in [0, 0.1) is 17.7 Å². The lowest BCUT2D eigenvalue weighted by Crippen LogP contribution is -2.46. The Hall–Kier alpha value is -3.86. The van der Waals surface area contributed by atoms with E-state index in [2.05, 4.69) is 17.2 Å². The van der Waals surface area contributed by atoms with Gasteiger partial charge in [0.2, 0.25) is 5.60 Å². The summed E-state index contributed by atoms with van der Waals surface area (Å²) in [5.74, 6) is 4.01. The van der Waals surface area contributed by atoms with Crippen molar-refractivity contribution in [3.8, 4) is 11.8 Å². The number of nitrogens with one attached hydrogen (secondary N) is 1. The standard InChI is InChI=1S/C30H28ClFN2O4/c1-29(2,25-16-21(32)7-12-26(25)31)18-30(37,14-13-19-5-9-23(10-6-19)34(3)4)28(36)33-22-8-11-24-20(15-22)17-38-27(24)35/h5-12,15-16,37H,17-18H2,1-4H3,(H,33,36). The molecule has 0 aliphatic carbocycles. The van der Waals surface area contributed by atoms with E-state index in [1.54, 1.807) is 44.2 Å². The zero-order chi connectivity index (χ0) is 27.7. The summed E-state index contributed by atoms with van der Waals surface area (Å²) in [6, 6.07) is 16.1. The van der Waals surface area contributed by atoms with Gasteiger partial charge in [0, 0.05) is 48.0 Å². The molecule has 1 aliphatic heterocycles. The molecule has 2 N–H and O–H groups in total. The Morgan fingerprint density at radius 3 is 2.53 bits per heavy atom. The number of esters is 1. The van der Waals surface area contributed by atoms with Crippen molar-refractivity contribution in [1.82, 2.24) is 0 Å². The van der Waals surface area contributed by atoms with Crippen LogP contribution in [0.2, 0.25) is 5.02 Å². The number of benzene rings is 3. The molecule has 6 nitrogen and oxygen atoms in total. The maximum Gasteiger partial charge on any atom is 0.338 e. The van der Waals surface area contributed by atoms with Crippen molar-refractivity contribution in [3.63, 3.8) is 0 Å². The summed E-state index contributed by atoms with van der Waals surface area (Å²) < 4.78 is 19.1. The number of aliphatic hydroxyl groups is 1. The average Bonchev–Trinajstić information content (AvgIpc) is 3.24. The lowest BCUT2D eigenvalue weighted by Gasteiger charge is -2.33. The van der Waals surface area contributed by atoms with Gasteiger partial charge in [0.15, 0.2) is 0 Å². The number of carbonyl (C=O) groups excluding carboxylic acids is 2. The van der Waals surface area contributed by atoms with Crippen molar-refractivity contribution in [2.45, 2.75) is 37.9 Å². The molecule has 196 valence electrons. The number of nitrogens with zero attached hydrogens (tertiary/aromatic N) is 1. The molecule has 1 heterocycles. The molecule has 1 aliphatic rings. The number of fused-ring (bicyclic) bond motifs is 1. The first kappa shape index (κ1) is 27.2. The highest BCUT2D eigenvalue weighted by Crippen LogP contribution is 2.37. The number of amides is 1. The molecule has 38 heavy (non-hydrogen) atoms. The second-order valence-corrected chi connectivity index (χ2v) is 10.5. The first-order chi connectivity index (χ1) is 17.9. The number of cyclic esters (lactones) is 1. The summed E-state index contributed by atoms with van der Waals surface area (Å²) in [5.41, 5.74) is 0.356. The minimum Gasteiger partial charge on any atom is -0.457 e. The number of ether oxygens (including phenoxy) is 1. The summed E-state index contributed by atoms with van der Waals surface area (Å²) in [6.07, 6.45) is -0.176. The van der Waals surface area contributed by atoms with Gasteiger partial charge in [-0.15, -0.1) is 0 Å². The maximum atomic E-state index is 14.1. The Bertz CT molecular complexity index is 1460. The molecule has 1 atom stereocenters. The molecular formula is C30H28ClFN2O4. The van der Waals surface area contributed by atoms with Gasteiger partial charge in [-0.1, -0.05) is 37.3 Å². The maximum absolute atomic E-state index is 14.1. The Labute approximate surface area is 226 Å². The highest BCUT2D eigenvalue weighted by molar-refractivity contribution is 6.31. The third-order valence-corrected chi connectivity index (χ3v) is 6.80. The molecule has 0 bridgehead atoms. The predicted molar refractivity (Wildman–Crippen MR) is 146 cm³/mol. The third kappa shape index (κ3) is 5.83. The van der Waals surface area contributed by atoms with E-state index in [4.69, 9.17) is 16.3 Å². The number of rotatable bonds is 6. The van der Waals surface area contributed by atoms with Gasteiger partial charge in [-0.2, -0.15) is 0 Å². The van der Waals surface area contributed by atoms with Gasteiger partial charge in [-0.3, -0.25) is 4.79 Å². The first-order valence-electron chi connectivity index (χ1n) is 12.0. The van der Waals surface area contributed by atoms with Gasteiger partial charge in [-0.05, 0) is 71.6 Å². The fourth-order valence-corrected chi connectivity index (χ4v) is 4.77. The van der Waals surface area contributed by atoms with Crippen LogP contribution in [-0.2, 0) is 21.6 Å². The van der Waals surface area contributed by atoms with Crippen molar-refractivity contribution in [2.75, 3.05) is 24.3 Å². The van der Waals surface area contributed by atoms with E-state index in [1.807, 2.05) is 31.1 Å². The molecule has 1 unspecified atom stereocenters. The van der Waals surface area contributed by atoms with E-state index < -0.39 is 28.7 Å². The van der Waals surface area contributed by atoms with Crippen molar-refractivity contribution >= 4 is 34.9 Å². The van der Waals surface area contributed by atoms with Crippen LogP contribution in [0.1, 0.15) is 47.3 Å². The van der Waals surface area contributed by atoms with Gasteiger partial charge < -0.3 is 20.1 Å². The zero-order valence-electron chi connectivity index (χ0n) is 21.6. The second-order valence-electron chi connectivity index (χ2n) is 10.1. The van der Waals surface area contributed by atoms with Crippen molar-refractivity contribution < 1.29 is 23.8 Å². The molecule has 4 rings (SSSR count). The fourth-order valence-electron chi connectivity index (χ4n) is 4.40. The van der Waals surface area contributed by atoms with Crippen LogP contribution >= 0.6 is 11.6 Å². The van der Waals surface area contributed by atoms with Crippen LogP contribution in [0.15, 0.2) is 60.7 Å². The Kier molecular flexibility index (Phi) is 7.50. The van der Waals surface area contributed by atoms with Crippen molar-refractivity contribution in [2.24, 2.45) is 0 Å². The molecule has 3 aromatic rings. The normalized spacial score (nSPS) is 14.0. The Morgan fingerprint density at radius 1 is 1.13 bits per heavy atom. The molecule has 0 saturated heterocycles. The molecular weight excluding hydrogens is 507 g/mol. The largest absolute Gasteiger partial charge is 0.457 e. The van der Waals surface area contributed by atoms with E-state index in [0.29, 0.717) is 33.0 Å². The van der Waals surface area contributed by atoms with E-state index in [0.717, 1.165) is 5.69 Å². The summed E-state index contributed by atoms with van der Waals surface area (Å²) >= 11 is 6.37. The zero-order valence-corrected chi connectivity index (χ0v) is 22.3. The van der Waals surface area contributed by atoms with Crippen molar-refractivity contribution in [1.29, 1.82) is 0 Å². The molecule has 0 radical (unpaired) electrons. The number of carbonyl (C=O) groups is 2. The molecule has 1 amide bonds. The van der Waals surface area contributed by atoms with Crippen LogP contribution in [0.25, 0.3) is 0 Å². The topological polar surface area (TPSA) is 78.9 Å². The number of halogens is 2. The first-order valence-corrected chi connectivity index (χ1v) is 12.4. The number of hydrogen-bond donors (Lipinski definition) is 2. The van der Waals surface area contributed by atoms with Gasteiger partial charge in [0.05, 0.1) is 5.56 Å². The van der Waals surface area contributed by atoms with Gasteiger partial charge >= 0.3 is 5.97 Å². The quantitative estimate of drug-likeness (QED) is 0.331. The predicted octanol–water partition coefficient (Wildman–Crippen LogP) is 5.30. The van der Waals surface area contributed by atoms with Crippen molar-refractivity contribution in [3.05, 3.63) is 93.8 Å². The van der Waals surface area contributed by atoms with Gasteiger partial charge in [-0.25, -0.2) is 9.18 Å². The molecule has 8 heteroatoms. The van der Waals surface area contributed by atoms with Gasteiger partial charge in [0.1, 0.15) is 12.4 Å². The molecule has 0 saturated carbocycles. The third-order valence-electron chi connectivity index (χ3n) is 6.47. The fraction of sp³-hybridized carbons (Fsp3) is 0.267. The molecule has 3 aromatic carbocycles. The second kappa shape index (κ2) is 10.5. The van der Waals surface area contributed by atoms with Crippen LogP contribution in [0.5, 0.6) is 0 Å². The highest BCUT2D eigenvalue weighted by Gasteiger charge is 2.42. The summed E-state index contributed by atoms with van der Waals surface area (Å²) in [4.78, 5) is 27.3. The molecule has 0 spiro atoms. The smallest absolute Gasteiger partial charge is 0.338 e. The number of hydrogen-bond acceptors (Lipinski definition) is 5. The Morgan fingerprint density at radius 2 is 1.84 bits per heavy atom. The molecule has 0 aromatic heterocycles. The van der Waals surface area contributed by atoms with Crippen LogP contribution in [-0.4, -0.2) is 36.7 Å². The highest BCUT2D eigenvalue weighted by atomic mass is 35.5. The lowest BCUT2D eigenvalue weighted by molar-refractivity contribution is -0.130. The van der Waals surface area contributed by atoms with E-state index in [9.17, 15) is 19.1 Å². The van der Waals surface area contributed by atoms with E-state index in [1.165, 1.54) is 18.2 Å². The monoisotopic (exact) mass is 534 g/mol. The number of anilines is 2. The minimum absolute atomic E-state index is 0.107. The SMILES string of the molecule is CN(C)c1ccc(C#CC(O)(CC(C)(C)c2cc(F)ccc2Cl)C(=O)Nc2ccc3c(c2)COC3=O)cc1. The van der Waals surface area contributed by atoms with E-state index in [-0.39, 0.29) is 13.0 Å². The molecule has 0 fully saturated rings. The van der Waals surface area contributed by atoms with Gasteiger partial charge in [0.25, 0.3) is 5.91 Å². The summed E-state index contributed by atoms with van der Waals surface area (Å²) in [7, 11) is 3.84. The average molecular weight is 535 g/mol. The minimum atomic E-state index is -2.18. The van der Waals surface area contributed by atoms with Crippen LogP contribution < -0.4 is 10.2 Å². The van der Waals surface area contributed by atoms with Crippen LogP contribution in [0.4, 0.5) is 15.8 Å². The summed E-state index contributed by atoms with van der Waals surface area (Å²) in [6.45, 7) is 3.63. The van der Waals surface area contributed by atoms with E-state index >= 15 is 0 Å².